The van der Waals surface area contributed by atoms with Gasteiger partial charge in [0.2, 0.25) is 0 Å². The van der Waals surface area contributed by atoms with E-state index in [1.807, 2.05) is 20.8 Å². The number of carboxylic acids is 1. The molecule has 0 radical (unpaired) electrons. The Morgan fingerprint density at radius 2 is 2.04 bits per heavy atom. The van der Waals surface area contributed by atoms with Crippen LogP contribution in [0.3, 0.4) is 0 Å². The van der Waals surface area contributed by atoms with Crippen LogP contribution in [0.5, 0.6) is 0 Å². The third-order valence-corrected chi connectivity index (χ3v) is 4.11. The molecule has 23 heavy (non-hydrogen) atoms. The van der Waals surface area contributed by atoms with Gasteiger partial charge in [0.15, 0.2) is 0 Å². The van der Waals surface area contributed by atoms with Crippen LogP contribution in [0, 0.1) is 0 Å². The number of likely N-dealkylation sites (tertiary alicyclic amines) is 1. The van der Waals surface area contributed by atoms with Crippen LogP contribution in [0.15, 0.2) is 0 Å². The first-order valence-corrected chi connectivity index (χ1v) is 8.25. The van der Waals surface area contributed by atoms with Crippen molar-refractivity contribution in [2.45, 2.75) is 63.7 Å². The van der Waals surface area contributed by atoms with Crippen molar-refractivity contribution in [3.63, 3.8) is 0 Å². The van der Waals surface area contributed by atoms with Crippen molar-refractivity contribution in [2.75, 3.05) is 26.2 Å². The number of carboxylic acid groups (broad SMARTS) is 1. The van der Waals surface area contributed by atoms with E-state index in [0.29, 0.717) is 19.6 Å². The van der Waals surface area contributed by atoms with Crippen molar-refractivity contribution in [1.82, 2.24) is 10.2 Å². The maximum Gasteiger partial charge on any atom is 0.410 e. The molecule has 0 aromatic heterocycles. The van der Waals surface area contributed by atoms with Crippen LogP contribution in [-0.2, 0) is 14.3 Å². The number of carbonyl (C=O) groups is 2. The molecule has 0 aromatic carbocycles. The molecular weight excluding hydrogens is 300 g/mol. The van der Waals surface area contributed by atoms with E-state index < -0.39 is 23.2 Å². The smallest absolute Gasteiger partial charge is 0.410 e. The largest absolute Gasteiger partial charge is 0.481 e. The third kappa shape index (κ3) is 5.35. The molecule has 132 valence electrons. The summed E-state index contributed by atoms with van der Waals surface area (Å²) in [5.41, 5.74) is -1.13. The number of hydrogen-bond acceptors (Lipinski definition) is 5. The summed E-state index contributed by atoms with van der Waals surface area (Å²) < 4.78 is 11.0. The predicted molar refractivity (Wildman–Crippen MR) is 84.4 cm³/mol. The van der Waals surface area contributed by atoms with Crippen molar-refractivity contribution in [2.24, 2.45) is 0 Å². The third-order valence-electron chi connectivity index (χ3n) is 4.11. The summed E-state index contributed by atoms with van der Waals surface area (Å²) in [7, 11) is 0. The van der Waals surface area contributed by atoms with E-state index in [2.05, 4.69) is 5.32 Å². The summed E-state index contributed by atoms with van der Waals surface area (Å²) in [6, 6.07) is 0. The lowest BCUT2D eigenvalue weighted by atomic mass is 9.86. The zero-order valence-electron chi connectivity index (χ0n) is 14.3. The van der Waals surface area contributed by atoms with Crippen molar-refractivity contribution >= 4 is 12.1 Å². The lowest BCUT2D eigenvalue weighted by molar-refractivity contribution is -0.141. The molecule has 0 aromatic rings. The van der Waals surface area contributed by atoms with Gasteiger partial charge >= 0.3 is 12.1 Å². The number of nitrogens with zero attached hydrogens (tertiary/aromatic N) is 1. The second kappa shape index (κ2) is 7.05. The van der Waals surface area contributed by atoms with Gasteiger partial charge in [-0.2, -0.15) is 0 Å². The molecular formula is C16H28N2O5. The molecule has 2 aliphatic heterocycles. The Hall–Kier alpha value is -1.34. The van der Waals surface area contributed by atoms with Gasteiger partial charge in [0.25, 0.3) is 0 Å². The highest BCUT2D eigenvalue weighted by Gasteiger charge is 2.47. The van der Waals surface area contributed by atoms with Crippen LogP contribution in [0.25, 0.3) is 0 Å². The van der Waals surface area contributed by atoms with E-state index >= 15 is 0 Å². The monoisotopic (exact) mass is 328 g/mol. The fourth-order valence-electron chi connectivity index (χ4n) is 3.01. The van der Waals surface area contributed by atoms with Gasteiger partial charge in [-0.3, -0.25) is 4.79 Å². The fraction of sp³-hybridized carbons (Fsp3) is 0.875. The van der Waals surface area contributed by atoms with Crippen LogP contribution in [0.4, 0.5) is 4.79 Å². The lowest BCUT2D eigenvalue weighted by Crippen LogP contribution is -2.72. The van der Waals surface area contributed by atoms with Gasteiger partial charge in [-0.05, 0) is 40.0 Å². The molecule has 2 heterocycles. The van der Waals surface area contributed by atoms with Gasteiger partial charge in [-0.1, -0.05) is 0 Å². The van der Waals surface area contributed by atoms with Gasteiger partial charge in [0.05, 0.1) is 18.1 Å². The lowest BCUT2D eigenvalue weighted by Gasteiger charge is -2.50. The van der Waals surface area contributed by atoms with Crippen LogP contribution in [0.2, 0.25) is 0 Å². The first kappa shape index (κ1) is 18.0. The molecule has 1 atom stereocenters. The van der Waals surface area contributed by atoms with Gasteiger partial charge in [0.1, 0.15) is 5.60 Å². The molecule has 2 N–H and O–H groups in total. The molecule has 7 heteroatoms. The zero-order chi connectivity index (χ0) is 17.1. The summed E-state index contributed by atoms with van der Waals surface area (Å²) in [4.78, 5) is 24.7. The molecule has 0 saturated carbocycles. The SMILES string of the molecule is CC(C)(C)OC(=O)N1CC(CC(=O)O)(NCC2CCCCO2)C1. The summed E-state index contributed by atoms with van der Waals surface area (Å²) in [5, 5.41) is 12.5. The standard InChI is InChI=1S/C16H28N2O5/c1-15(2,3)23-14(21)18-10-16(11-18,8-13(19)20)17-9-12-6-4-5-7-22-12/h12,17H,4-11H2,1-3H3,(H,19,20). The first-order chi connectivity index (χ1) is 10.7. The first-order valence-electron chi connectivity index (χ1n) is 8.25. The number of carbonyl (C=O) groups excluding carboxylic acids is 1. The Labute approximate surface area is 137 Å². The fourth-order valence-corrected chi connectivity index (χ4v) is 3.01. The summed E-state index contributed by atoms with van der Waals surface area (Å²) >= 11 is 0. The maximum absolute atomic E-state index is 12.0. The number of amides is 1. The quantitative estimate of drug-likeness (QED) is 0.797. The molecule has 2 fully saturated rings. The maximum atomic E-state index is 12.0. The average molecular weight is 328 g/mol. The number of hydrogen-bond donors (Lipinski definition) is 2. The van der Waals surface area contributed by atoms with Gasteiger partial charge in [-0.25, -0.2) is 4.79 Å². The molecule has 0 aliphatic carbocycles. The van der Waals surface area contributed by atoms with Crippen LogP contribution < -0.4 is 5.32 Å². The minimum atomic E-state index is -0.870. The highest BCUT2D eigenvalue weighted by molar-refractivity contribution is 5.73. The molecule has 1 unspecified atom stereocenters. The van der Waals surface area contributed by atoms with E-state index in [1.54, 1.807) is 4.90 Å². The number of nitrogens with one attached hydrogen (secondary N) is 1. The Morgan fingerprint density at radius 1 is 1.35 bits per heavy atom. The van der Waals surface area contributed by atoms with E-state index in [-0.39, 0.29) is 12.5 Å². The van der Waals surface area contributed by atoms with Crippen molar-refractivity contribution < 1.29 is 24.2 Å². The summed E-state index contributed by atoms with van der Waals surface area (Å²) in [6.45, 7) is 7.52. The Kier molecular flexibility index (Phi) is 5.52. The molecule has 2 rings (SSSR count). The van der Waals surface area contributed by atoms with Gasteiger partial charge in [0, 0.05) is 26.2 Å². The topological polar surface area (TPSA) is 88.1 Å². The highest BCUT2D eigenvalue weighted by atomic mass is 16.6. The van der Waals surface area contributed by atoms with E-state index in [9.17, 15) is 9.59 Å². The van der Waals surface area contributed by atoms with Crippen molar-refractivity contribution in [3.05, 3.63) is 0 Å². The Morgan fingerprint density at radius 3 is 2.57 bits per heavy atom. The zero-order valence-corrected chi connectivity index (χ0v) is 14.3. The molecule has 0 spiro atoms. The van der Waals surface area contributed by atoms with Crippen molar-refractivity contribution in [3.8, 4) is 0 Å². The van der Waals surface area contributed by atoms with Crippen LogP contribution in [0.1, 0.15) is 46.5 Å². The summed E-state index contributed by atoms with van der Waals surface area (Å²) in [5.74, 6) is -0.870. The highest BCUT2D eigenvalue weighted by Crippen LogP contribution is 2.27. The van der Waals surface area contributed by atoms with E-state index in [4.69, 9.17) is 14.6 Å². The molecule has 1 amide bonds. The van der Waals surface area contributed by atoms with E-state index in [0.717, 1.165) is 25.9 Å². The van der Waals surface area contributed by atoms with E-state index in [1.165, 1.54) is 0 Å². The molecule has 2 aliphatic rings. The second-order valence-electron chi connectivity index (χ2n) is 7.56. The summed E-state index contributed by atoms with van der Waals surface area (Å²) in [6.07, 6.45) is 2.94. The Balaban J connectivity index is 1.86. The van der Waals surface area contributed by atoms with Gasteiger partial charge < -0.3 is 24.8 Å². The molecule has 2 saturated heterocycles. The minimum absolute atomic E-state index is 0.0149. The van der Waals surface area contributed by atoms with Crippen LogP contribution in [-0.4, -0.2) is 65.6 Å². The number of aliphatic carboxylic acids is 1. The van der Waals surface area contributed by atoms with Gasteiger partial charge in [-0.15, -0.1) is 0 Å². The number of rotatable bonds is 5. The minimum Gasteiger partial charge on any atom is -0.481 e. The predicted octanol–water partition coefficient (Wildman–Crippen LogP) is 1.61. The van der Waals surface area contributed by atoms with Crippen LogP contribution >= 0.6 is 0 Å². The average Bonchev–Trinajstić information content (AvgIpc) is 2.39. The van der Waals surface area contributed by atoms with Crippen molar-refractivity contribution in [1.29, 1.82) is 0 Å². The second-order valence-corrected chi connectivity index (χ2v) is 7.56. The molecule has 0 bridgehead atoms. The molecule has 7 nitrogen and oxygen atoms in total. The number of ether oxygens (including phenoxy) is 2. The normalized spacial score (nSPS) is 24.0. The Bertz CT molecular complexity index is 434.